The molecule has 148 valence electrons. The highest BCUT2D eigenvalue weighted by molar-refractivity contribution is 6.03. The van der Waals surface area contributed by atoms with E-state index in [0.29, 0.717) is 0 Å². The molecular weight excluding hydrogens is 340 g/mol. The predicted octanol–water partition coefficient (Wildman–Crippen LogP) is 6.61. The summed E-state index contributed by atoms with van der Waals surface area (Å²) in [5.41, 5.74) is 5.76. The Morgan fingerprint density at radius 2 is 1.64 bits per heavy atom. The molecule has 0 amide bonds. The molecule has 0 heterocycles. The number of amidine groups is 1. The third-order valence-corrected chi connectivity index (χ3v) is 4.85. The molecule has 2 aromatic rings. The molecule has 2 rings (SSSR count). The Kier molecular flexibility index (Phi) is 8.74. The average molecular weight is 375 g/mol. The third kappa shape index (κ3) is 5.95. The van der Waals surface area contributed by atoms with Gasteiger partial charge in [-0.05, 0) is 36.5 Å². The lowest BCUT2D eigenvalue weighted by atomic mass is 9.98. The van der Waals surface area contributed by atoms with E-state index < -0.39 is 0 Å². The van der Waals surface area contributed by atoms with Gasteiger partial charge >= 0.3 is 0 Å². The molecule has 0 saturated heterocycles. The summed E-state index contributed by atoms with van der Waals surface area (Å²) >= 11 is 0. The minimum absolute atomic E-state index is 1.00. The molecule has 0 aromatic heterocycles. The number of rotatable bonds is 9. The van der Waals surface area contributed by atoms with Crippen LogP contribution in [0.3, 0.4) is 0 Å². The second kappa shape index (κ2) is 11.3. The van der Waals surface area contributed by atoms with Gasteiger partial charge < -0.3 is 4.90 Å². The molecular formula is C26H34N2. The third-order valence-electron chi connectivity index (χ3n) is 4.85. The number of aliphatic imine (C=N–C) groups is 1. The molecule has 2 heteroatoms. The van der Waals surface area contributed by atoms with Crippen LogP contribution in [-0.4, -0.2) is 30.9 Å². The van der Waals surface area contributed by atoms with Crippen LogP contribution in [0, 0.1) is 6.92 Å². The molecule has 2 aromatic carbocycles. The van der Waals surface area contributed by atoms with Crippen molar-refractivity contribution in [2.24, 2.45) is 4.99 Å². The lowest BCUT2D eigenvalue weighted by Gasteiger charge is -2.27. The highest BCUT2D eigenvalue weighted by Gasteiger charge is 2.16. The molecule has 2 nitrogen and oxygen atoms in total. The van der Waals surface area contributed by atoms with E-state index in [4.69, 9.17) is 0 Å². The van der Waals surface area contributed by atoms with Gasteiger partial charge in [0.2, 0.25) is 0 Å². The van der Waals surface area contributed by atoms with Gasteiger partial charge in [0.05, 0.1) is 0 Å². The van der Waals surface area contributed by atoms with Crippen LogP contribution < -0.4 is 0 Å². The number of unbranched alkanes of at least 4 members (excludes halogenated alkanes) is 1. The topological polar surface area (TPSA) is 15.6 Å². The van der Waals surface area contributed by atoms with Crippen molar-refractivity contribution < 1.29 is 0 Å². The summed E-state index contributed by atoms with van der Waals surface area (Å²) < 4.78 is 0. The number of aryl methyl sites for hydroxylation is 1. The Hall–Kier alpha value is -2.61. The van der Waals surface area contributed by atoms with E-state index >= 15 is 0 Å². The van der Waals surface area contributed by atoms with Gasteiger partial charge in [-0.1, -0.05) is 93.1 Å². The lowest BCUT2D eigenvalue weighted by molar-refractivity contribution is 0.407. The van der Waals surface area contributed by atoms with Crippen LogP contribution >= 0.6 is 0 Å². The van der Waals surface area contributed by atoms with E-state index in [-0.39, 0.29) is 0 Å². The normalized spacial score (nSPS) is 11.8. The van der Waals surface area contributed by atoms with Gasteiger partial charge in [0.15, 0.2) is 0 Å². The van der Waals surface area contributed by atoms with E-state index in [1.165, 1.54) is 24.0 Å². The van der Waals surface area contributed by atoms with Gasteiger partial charge in [-0.3, -0.25) is 4.99 Å². The number of allylic oxidation sites excluding steroid dienone is 2. The fourth-order valence-corrected chi connectivity index (χ4v) is 3.30. The Bertz CT molecular complexity index is 813. The van der Waals surface area contributed by atoms with Gasteiger partial charge in [0.25, 0.3) is 0 Å². The Labute approximate surface area is 171 Å². The van der Waals surface area contributed by atoms with Crippen LogP contribution in [0.2, 0.25) is 0 Å². The molecule has 0 saturated carbocycles. The Balaban J connectivity index is 2.31. The summed E-state index contributed by atoms with van der Waals surface area (Å²) in [5.74, 6) is 1.07. The van der Waals surface area contributed by atoms with Crippen molar-refractivity contribution in [2.45, 2.75) is 40.0 Å². The molecule has 0 fully saturated rings. The summed E-state index contributed by atoms with van der Waals surface area (Å²) in [6.07, 6.45) is 7.70. The first kappa shape index (κ1) is 21.7. The molecule has 0 unspecified atom stereocenters. The summed E-state index contributed by atoms with van der Waals surface area (Å²) in [6.45, 7) is 13.0. The van der Waals surface area contributed by atoms with Crippen molar-refractivity contribution >= 4 is 17.5 Å². The Morgan fingerprint density at radius 1 is 0.964 bits per heavy atom. The second-order valence-corrected chi connectivity index (χ2v) is 7.20. The minimum Gasteiger partial charge on any atom is -0.356 e. The zero-order valence-corrected chi connectivity index (χ0v) is 17.9. The van der Waals surface area contributed by atoms with Crippen molar-refractivity contribution in [3.63, 3.8) is 0 Å². The highest BCUT2D eigenvalue weighted by Crippen LogP contribution is 2.22. The summed E-state index contributed by atoms with van der Waals surface area (Å²) in [7, 11) is 1.89. The zero-order chi connectivity index (χ0) is 20.4. The number of benzene rings is 2. The van der Waals surface area contributed by atoms with Crippen LogP contribution in [0.15, 0.2) is 66.2 Å². The maximum absolute atomic E-state index is 4.68. The standard InChI is InChI=1S/C26H34N2/c1-6-8-20-28(19-7-2)26(27-5)25-12-10-9-11-24(25)22(4)15-18-23-16-13-21(3)14-17-23/h9-18H,4,6-8,19-20H2,1-3,5H3/b18-15+,27-26?. The van der Waals surface area contributed by atoms with E-state index in [2.05, 4.69) is 97.9 Å². The predicted molar refractivity (Wildman–Crippen MR) is 125 cm³/mol. The maximum atomic E-state index is 4.68. The summed E-state index contributed by atoms with van der Waals surface area (Å²) in [5, 5.41) is 0. The van der Waals surface area contributed by atoms with Gasteiger partial charge in [0, 0.05) is 25.7 Å². The fourth-order valence-electron chi connectivity index (χ4n) is 3.30. The van der Waals surface area contributed by atoms with Crippen molar-refractivity contribution in [1.82, 2.24) is 4.90 Å². The van der Waals surface area contributed by atoms with Crippen LogP contribution in [-0.2, 0) is 0 Å². The first-order valence-electron chi connectivity index (χ1n) is 10.4. The van der Waals surface area contributed by atoms with Crippen molar-refractivity contribution in [3.05, 3.63) is 83.4 Å². The molecule has 28 heavy (non-hydrogen) atoms. The average Bonchev–Trinajstić information content (AvgIpc) is 2.72. The van der Waals surface area contributed by atoms with Gasteiger partial charge in [-0.25, -0.2) is 0 Å². The van der Waals surface area contributed by atoms with Crippen molar-refractivity contribution in [1.29, 1.82) is 0 Å². The van der Waals surface area contributed by atoms with Crippen LogP contribution in [0.1, 0.15) is 55.4 Å². The summed E-state index contributed by atoms with van der Waals surface area (Å²) in [6, 6.07) is 17.0. The molecule has 0 aliphatic carbocycles. The first-order valence-corrected chi connectivity index (χ1v) is 10.4. The monoisotopic (exact) mass is 374 g/mol. The molecule has 0 radical (unpaired) electrons. The van der Waals surface area contributed by atoms with Crippen molar-refractivity contribution in [3.8, 4) is 0 Å². The van der Waals surface area contributed by atoms with Gasteiger partial charge in [0.1, 0.15) is 5.84 Å². The first-order chi connectivity index (χ1) is 13.6. The number of hydrogen-bond acceptors (Lipinski definition) is 1. The summed E-state index contributed by atoms with van der Waals surface area (Å²) in [4.78, 5) is 7.09. The molecule has 0 atom stereocenters. The smallest absolute Gasteiger partial charge is 0.131 e. The van der Waals surface area contributed by atoms with E-state index in [0.717, 1.165) is 42.0 Å². The quantitative estimate of drug-likeness (QED) is 0.274. The minimum atomic E-state index is 1.00. The lowest BCUT2D eigenvalue weighted by Crippen LogP contribution is -2.34. The maximum Gasteiger partial charge on any atom is 0.131 e. The zero-order valence-electron chi connectivity index (χ0n) is 17.9. The largest absolute Gasteiger partial charge is 0.356 e. The van der Waals surface area contributed by atoms with Crippen molar-refractivity contribution in [2.75, 3.05) is 20.1 Å². The molecule has 0 N–H and O–H groups in total. The van der Waals surface area contributed by atoms with Crippen LogP contribution in [0.4, 0.5) is 0 Å². The van der Waals surface area contributed by atoms with Crippen LogP contribution in [0.5, 0.6) is 0 Å². The van der Waals surface area contributed by atoms with E-state index in [9.17, 15) is 0 Å². The van der Waals surface area contributed by atoms with E-state index in [1.807, 2.05) is 7.05 Å². The van der Waals surface area contributed by atoms with Crippen LogP contribution in [0.25, 0.3) is 11.6 Å². The number of nitrogens with zero attached hydrogens (tertiary/aromatic N) is 2. The van der Waals surface area contributed by atoms with E-state index in [1.54, 1.807) is 0 Å². The molecule has 0 bridgehead atoms. The highest BCUT2D eigenvalue weighted by atomic mass is 15.2. The van der Waals surface area contributed by atoms with Gasteiger partial charge in [-0.15, -0.1) is 0 Å². The number of hydrogen-bond donors (Lipinski definition) is 0. The SMILES string of the molecule is C=C(/C=C/c1ccc(C)cc1)c1ccccc1C(=NC)N(CCC)CCCC. The Morgan fingerprint density at radius 3 is 2.25 bits per heavy atom. The van der Waals surface area contributed by atoms with Gasteiger partial charge in [-0.2, -0.15) is 0 Å². The molecule has 0 aliphatic heterocycles. The molecule has 0 aliphatic rings. The second-order valence-electron chi connectivity index (χ2n) is 7.20. The molecule has 0 spiro atoms. The fraction of sp³-hybridized carbons (Fsp3) is 0.346.